The number of aromatic nitrogens is 1. The van der Waals surface area contributed by atoms with Crippen molar-refractivity contribution in [3.8, 4) is 5.75 Å². The Kier molecular flexibility index (Phi) is 5.02. The molecule has 4 nitrogen and oxygen atoms in total. The third-order valence-corrected chi connectivity index (χ3v) is 4.51. The van der Waals surface area contributed by atoms with Crippen LogP contribution in [0.15, 0.2) is 35.2 Å². The molecule has 2 heterocycles. The van der Waals surface area contributed by atoms with Gasteiger partial charge in [0, 0.05) is 25.0 Å². The van der Waals surface area contributed by atoms with Crippen molar-refractivity contribution in [2.45, 2.75) is 31.6 Å². The summed E-state index contributed by atoms with van der Waals surface area (Å²) in [6, 6.07) is 5.93. The van der Waals surface area contributed by atoms with Crippen LogP contribution in [0.3, 0.4) is 0 Å². The summed E-state index contributed by atoms with van der Waals surface area (Å²) in [5.74, 6) is 0.307. The van der Waals surface area contributed by atoms with Gasteiger partial charge in [-0.25, -0.2) is 9.37 Å². The first kappa shape index (κ1) is 15.4. The second-order valence-electron chi connectivity index (χ2n) is 5.51. The van der Waals surface area contributed by atoms with Gasteiger partial charge in [-0.15, -0.1) is 11.3 Å². The van der Waals surface area contributed by atoms with E-state index in [0.717, 1.165) is 31.7 Å². The van der Waals surface area contributed by atoms with Crippen molar-refractivity contribution in [1.82, 2.24) is 9.88 Å². The third kappa shape index (κ3) is 4.03. The topological polar surface area (TPSA) is 45.6 Å². The highest BCUT2D eigenvalue weighted by Crippen LogP contribution is 2.21. The second kappa shape index (κ2) is 7.17. The molecule has 1 aliphatic heterocycles. The number of halogens is 1. The van der Waals surface area contributed by atoms with Gasteiger partial charge in [0.15, 0.2) is 0 Å². The van der Waals surface area contributed by atoms with Crippen molar-refractivity contribution >= 4 is 11.3 Å². The Balaban J connectivity index is 1.58. The van der Waals surface area contributed by atoms with E-state index in [-0.39, 0.29) is 11.9 Å². The van der Waals surface area contributed by atoms with Crippen molar-refractivity contribution in [1.29, 1.82) is 0 Å². The van der Waals surface area contributed by atoms with E-state index in [1.165, 1.54) is 12.1 Å². The lowest BCUT2D eigenvalue weighted by atomic mass is 10.1. The van der Waals surface area contributed by atoms with E-state index in [0.29, 0.717) is 12.2 Å². The zero-order valence-corrected chi connectivity index (χ0v) is 13.0. The Hall–Kier alpha value is -1.50. The maximum Gasteiger partial charge on any atom is 0.126 e. The minimum Gasteiger partial charge on any atom is -0.488 e. The Morgan fingerprint density at radius 3 is 2.77 bits per heavy atom. The molecule has 1 saturated heterocycles. The fraction of sp³-hybridized carbons (Fsp3) is 0.438. The van der Waals surface area contributed by atoms with Crippen molar-refractivity contribution in [3.63, 3.8) is 0 Å². The summed E-state index contributed by atoms with van der Waals surface area (Å²) in [7, 11) is 0. The molecule has 1 aromatic carbocycles. The van der Waals surface area contributed by atoms with E-state index >= 15 is 0 Å². The fourth-order valence-corrected chi connectivity index (χ4v) is 3.19. The largest absolute Gasteiger partial charge is 0.488 e. The molecule has 1 aromatic heterocycles. The fourth-order valence-electron chi connectivity index (χ4n) is 2.64. The van der Waals surface area contributed by atoms with E-state index in [4.69, 9.17) is 4.74 Å². The first-order valence-electron chi connectivity index (χ1n) is 7.40. The normalized spacial score (nSPS) is 23.2. The number of aliphatic hydroxyl groups is 1. The lowest BCUT2D eigenvalue weighted by Gasteiger charge is -2.21. The number of rotatable bonds is 4. The van der Waals surface area contributed by atoms with Crippen LogP contribution >= 0.6 is 11.3 Å². The summed E-state index contributed by atoms with van der Waals surface area (Å²) in [6.07, 6.45) is 0.634. The molecule has 0 spiro atoms. The van der Waals surface area contributed by atoms with Crippen LogP contribution in [-0.4, -0.2) is 40.3 Å². The molecule has 0 aliphatic carbocycles. The van der Waals surface area contributed by atoms with Gasteiger partial charge in [-0.05, 0) is 37.1 Å². The molecular formula is C16H19FN2O2S. The number of likely N-dealkylation sites (tertiary alicyclic amines) is 1. The molecule has 0 amide bonds. The number of hydrogen-bond donors (Lipinski definition) is 1. The van der Waals surface area contributed by atoms with Crippen LogP contribution in [-0.2, 0) is 6.54 Å². The number of benzene rings is 1. The van der Waals surface area contributed by atoms with Crippen LogP contribution in [0.2, 0.25) is 0 Å². The van der Waals surface area contributed by atoms with Gasteiger partial charge in [-0.3, -0.25) is 4.90 Å². The lowest BCUT2D eigenvalue weighted by molar-refractivity contribution is 0.0349. The summed E-state index contributed by atoms with van der Waals surface area (Å²) in [5, 5.41) is 12.3. The Morgan fingerprint density at radius 2 is 2.05 bits per heavy atom. The maximum absolute atomic E-state index is 12.9. The number of hydrogen-bond acceptors (Lipinski definition) is 5. The molecule has 118 valence electrons. The summed E-state index contributed by atoms with van der Waals surface area (Å²) < 4.78 is 18.8. The summed E-state index contributed by atoms with van der Waals surface area (Å²) in [4.78, 5) is 6.59. The third-order valence-electron chi connectivity index (χ3n) is 3.87. The standard InChI is InChI=1S/C16H19FN2O2S/c17-12-1-3-14(4-2-12)21-16-6-8-19(7-5-15(16)20)9-13-10-22-11-18-13/h1-4,10-11,15-16,20H,5-9H2/t15-,16-/m0/s1. The maximum atomic E-state index is 12.9. The molecule has 22 heavy (non-hydrogen) atoms. The zero-order valence-electron chi connectivity index (χ0n) is 12.2. The van der Waals surface area contributed by atoms with E-state index in [2.05, 4.69) is 9.88 Å². The lowest BCUT2D eigenvalue weighted by Crippen LogP contribution is -2.31. The van der Waals surface area contributed by atoms with E-state index < -0.39 is 6.10 Å². The first-order valence-corrected chi connectivity index (χ1v) is 8.35. The Bertz CT molecular complexity index is 576. The first-order chi connectivity index (χ1) is 10.7. The molecule has 1 aliphatic rings. The minimum absolute atomic E-state index is 0.258. The van der Waals surface area contributed by atoms with Crippen LogP contribution in [0.25, 0.3) is 0 Å². The number of ether oxygens (including phenoxy) is 1. The van der Waals surface area contributed by atoms with Gasteiger partial charge < -0.3 is 9.84 Å². The van der Waals surface area contributed by atoms with Gasteiger partial charge in [0.1, 0.15) is 17.7 Å². The van der Waals surface area contributed by atoms with Crippen LogP contribution in [0, 0.1) is 5.82 Å². The number of nitrogens with zero attached hydrogens (tertiary/aromatic N) is 2. The van der Waals surface area contributed by atoms with Gasteiger partial charge in [0.05, 0.1) is 17.3 Å². The molecule has 0 bridgehead atoms. The van der Waals surface area contributed by atoms with Gasteiger partial charge in [0.2, 0.25) is 0 Å². The van der Waals surface area contributed by atoms with Crippen molar-refractivity contribution in [3.05, 3.63) is 46.7 Å². The molecule has 2 aromatic rings. The van der Waals surface area contributed by atoms with E-state index in [1.54, 1.807) is 23.5 Å². The Labute approximate surface area is 133 Å². The van der Waals surface area contributed by atoms with E-state index in [9.17, 15) is 9.50 Å². The van der Waals surface area contributed by atoms with Gasteiger partial charge in [-0.2, -0.15) is 0 Å². The predicted octanol–water partition coefficient (Wildman–Crippen LogP) is 2.69. The number of aliphatic hydroxyl groups excluding tert-OH is 1. The van der Waals surface area contributed by atoms with Crippen LogP contribution in [0.1, 0.15) is 18.5 Å². The average molecular weight is 322 g/mol. The predicted molar refractivity (Wildman–Crippen MR) is 83.4 cm³/mol. The molecule has 2 atom stereocenters. The van der Waals surface area contributed by atoms with E-state index in [1.807, 2.05) is 10.9 Å². The van der Waals surface area contributed by atoms with Crippen molar-refractivity contribution < 1.29 is 14.2 Å². The smallest absolute Gasteiger partial charge is 0.126 e. The number of thiazole rings is 1. The molecular weight excluding hydrogens is 303 g/mol. The molecule has 6 heteroatoms. The average Bonchev–Trinajstić information content (AvgIpc) is 2.97. The SMILES string of the molecule is O[C@H]1CCN(Cc2cscn2)CC[C@@H]1Oc1ccc(F)cc1. The van der Waals surface area contributed by atoms with Crippen molar-refractivity contribution in [2.24, 2.45) is 0 Å². The summed E-state index contributed by atoms with van der Waals surface area (Å²) >= 11 is 1.59. The van der Waals surface area contributed by atoms with Gasteiger partial charge in [-0.1, -0.05) is 0 Å². The van der Waals surface area contributed by atoms with Gasteiger partial charge >= 0.3 is 0 Å². The highest BCUT2D eigenvalue weighted by atomic mass is 32.1. The van der Waals surface area contributed by atoms with Gasteiger partial charge in [0.25, 0.3) is 0 Å². The second-order valence-corrected chi connectivity index (χ2v) is 6.23. The van der Waals surface area contributed by atoms with Crippen LogP contribution in [0.4, 0.5) is 4.39 Å². The molecule has 1 fully saturated rings. The summed E-state index contributed by atoms with van der Waals surface area (Å²) in [5.41, 5.74) is 2.90. The quantitative estimate of drug-likeness (QED) is 0.940. The van der Waals surface area contributed by atoms with Crippen LogP contribution in [0.5, 0.6) is 5.75 Å². The molecule has 0 saturated carbocycles. The monoisotopic (exact) mass is 322 g/mol. The highest BCUT2D eigenvalue weighted by molar-refractivity contribution is 7.07. The molecule has 0 unspecified atom stereocenters. The molecule has 0 radical (unpaired) electrons. The summed E-state index contributed by atoms with van der Waals surface area (Å²) in [6.45, 7) is 2.47. The Morgan fingerprint density at radius 1 is 1.27 bits per heavy atom. The highest BCUT2D eigenvalue weighted by Gasteiger charge is 2.26. The minimum atomic E-state index is -0.509. The molecule has 3 rings (SSSR count). The molecule has 1 N–H and O–H groups in total. The zero-order chi connectivity index (χ0) is 15.4. The van der Waals surface area contributed by atoms with Crippen LogP contribution < -0.4 is 4.74 Å². The van der Waals surface area contributed by atoms with Crippen molar-refractivity contribution in [2.75, 3.05) is 13.1 Å².